The molecule has 1 aliphatic rings. The molecule has 0 saturated heterocycles. The number of hydrogen-bond donors (Lipinski definition) is 3. The maximum atomic E-state index is 13.5. The highest BCUT2D eigenvalue weighted by atomic mass is 16.5. The number of aromatic nitrogens is 5. The van der Waals surface area contributed by atoms with E-state index in [1.165, 1.54) is 0 Å². The zero-order valence-corrected chi connectivity index (χ0v) is 26.1. The second-order valence-electron chi connectivity index (χ2n) is 12.8. The van der Waals surface area contributed by atoms with E-state index in [2.05, 4.69) is 79.8 Å². The van der Waals surface area contributed by atoms with Gasteiger partial charge < -0.3 is 15.4 Å². The van der Waals surface area contributed by atoms with E-state index in [0.717, 1.165) is 52.3 Å². The largest absolute Gasteiger partial charge is 0.484 e. The van der Waals surface area contributed by atoms with Crippen molar-refractivity contribution < 1.29 is 9.53 Å². The Labute approximate surface area is 257 Å². The van der Waals surface area contributed by atoms with E-state index in [1.54, 1.807) is 4.68 Å². The molecule has 3 heterocycles. The maximum Gasteiger partial charge on any atom is 0.320 e. The molecule has 0 spiro atoms. The molecule has 2 unspecified atom stereocenters. The first-order valence-corrected chi connectivity index (χ1v) is 15.2. The van der Waals surface area contributed by atoms with Crippen LogP contribution in [0.4, 0.5) is 16.6 Å². The molecule has 3 aromatic heterocycles. The van der Waals surface area contributed by atoms with Gasteiger partial charge in [0.1, 0.15) is 17.7 Å². The highest BCUT2D eigenvalue weighted by Gasteiger charge is 2.30. The Balaban J connectivity index is 1.20. The summed E-state index contributed by atoms with van der Waals surface area (Å²) >= 11 is 0. The molecule has 2 atom stereocenters. The van der Waals surface area contributed by atoms with Gasteiger partial charge in [0.2, 0.25) is 5.95 Å². The van der Waals surface area contributed by atoms with Gasteiger partial charge in [-0.3, -0.25) is 9.72 Å². The third kappa shape index (κ3) is 6.10. The first kappa shape index (κ1) is 29.2. The highest BCUT2D eigenvalue weighted by molar-refractivity contribution is 5.89. The summed E-state index contributed by atoms with van der Waals surface area (Å²) in [5.41, 5.74) is 5.63. The minimum atomic E-state index is -0.277. The summed E-state index contributed by atoms with van der Waals surface area (Å²) in [6, 6.07) is 21.8. The zero-order chi connectivity index (χ0) is 31.0. The van der Waals surface area contributed by atoms with Gasteiger partial charge >= 0.3 is 6.03 Å². The predicted octanol–water partition coefficient (Wildman–Crippen LogP) is 7.12. The number of nitrogens with zero attached hydrogens (tertiary/aromatic N) is 5. The third-order valence-electron chi connectivity index (χ3n) is 7.81. The van der Waals surface area contributed by atoms with E-state index >= 15 is 0 Å². The van der Waals surface area contributed by atoms with Crippen molar-refractivity contribution in [2.75, 3.05) is 10.6 Å². The summed E-state index contributed by atoms with van der Waals surface area (Å²) < 4.78 is 10.2. The Morgan fingerprint density at radius 3 is 2.45 bits per heavy atom. The summed E-state index contributed by atoms with van der Waals surface area (Å²) in [6.07, 6.45) is 3.24. The standard InChI is InChI=1S/C34H40N8O2/c1-21(2)35-32-39-38-30-18-15-24(20-41(30)32)44-28-17-16-27(25-9-7-8-10-26(25)28)36-33(43)37-31-19-29(34(4,5)6)40-42(31)23-13-11-22(3)12-14-23/h7-15,18-21,27-28H,16-17H2,1-6H3,(H,35,39)(H2,36,37,43). The van der Waals surface area contributed by atoms with Crippen molar-refractivity contribution in [2.45, 2.75) is 78.0 Å². The van der Waals surface area contributed by atoms with Crippen LogP contribution in [0.3, 0.4) is 0 Å². The molecule has 0 radical (unpaired) electrons. The number of urea groups is 1. The summed E-state index contributed by atoms with van der Waals surface area (Å²) in [5, 5.41) is 23.0. The van der Waals surface area contributed by atoms with E-state index in [9.17, 15) is 4.79 Å². The Morgan fingerprint density at radius 2 is 1.73 bits per heavy atom. The molecule has 44 heavy (non-hydrogen) atoms. The Bertz CT molecular complexity index is 1780. The number of fused-ring (bicyclic) bond motifs is 2. The first-order chi connectivity index (χ1) is 21.0. The van der Waals surface area contributed by atoms with Crippen molar-refractivity contribution in [1.29, 1.82) is 0 Å². The van der Waals surface area contributed by atoms with Crippen LogP contribution in [0.5, 0.6) is 5.75 Å². The van der Waals surface area contributed by atoms with Crippen molar-refractivity contribution in [1.82, 2.24) is 29.7 Å². The Hall–Kier alpha value is -4.86. The number of carbonyl (C=O) groups is 1. The minimum Gasteiger partial charge on any atom is -0.484 e. The Morgan fingerprint density at radius 1 is 0.977 bits per heavy atom. The topological polar surface area (TPSA) is 110 Å². The quantitative estimate of drug-likeness (QED) is 0.186. The van der Waals surface area contributed by atoms with Gasteiger partial charge in [-0.15, -0.1) is 10.2 Å². The number of aryl methyl sites for hydroxylation is 1. The summed E-state index contributed by atoms with van der Waals surface area (Å²) in [7, 11) is 0. The van der Waals surface area contributed by atoms with Gasteiger partial charge in [-0.2, -0.15) is 5.10 Å². The first-order valence-electron chi connectivity index (χ1n) is 15.2. The molecule has 2 amide bonds. The van der Waals surface area contributed by atoms with Crippen molar-refractivity contribution in [3.05, 3.63) is 95.3 Å². The number of benzene rings is 2. The Kier molecular flexibility index (Phi) is 7.75. The summed E-state index contributed by atoms with van der Waals surface area (Å²) in [6.45, 7) is 12.5. The van der Waals surface area contributed by atoms with Crippen LogP contribution >= 0.6 is 0 Å². The van der Waals surface area contributed by atoms with E-state index in [4.69, 9.17) is 9.84 Å². The summed E-state index contributed by atoms with van der Waals surface area (Å²) in [5.74, 6) is 2.03. The number of nitrogens with one attached hydrogen (secondary N) is 3. The molecule has 0 bridgehead atoms. The number of ether oxygens (including phenoxy) is 1. The molecule has 5 aromatic rings. The number of carbonyl (C=O) groups excluding carboxylic acids is 1. The van der Waals surface area contributed by atoms with Crippen LogP contribution in [0.15, 0.2) is 72.9 Å². The molecule has 2 aromatic carbocycles. The fourth-order valence-electron chi connectivity index (χ4n) is 5.51. The molecule has 228 valence electrons. The second-order valence-corrected chi connectivity index (χ2v) is 12.8. The predicted molar refractivity (Wildman–Crippen MR) is 173 cm³/mol. The molecule has 0 saturated carbocycles. The molecule has 10 heteroatoms. The van der Waals surface area contributed by atoms with Gasteiger partial charge in [0.25, 0.3) is 0 Å². The van der Waals surface area contributed by atoms with Crippen LogP contribution in [0.25, 0.3) is 11.3 Å². The molecule has 0 aliphatic heterocycles. The zero-order valence-electron chi connectivity index (χ0n) is 26.1. The molecule has 1 aliphatic carbocycles. The number of anilines is 2. The van der Waals surface area contributed by atoms with Crippen LogP contribution in [-0.2, 0) is 5.41 Å². The van der Waals surface area contributed by atoms with Crippen LogP contribution in [-0.4, -0.2) is 36.5 Å². The van der Waals surface area contributed by atoms with Crippen LogP contribution < -0.4 is 20.7 Å². The van der Waals surface area contributed by atoms with Gasteiger partial charge in [-0.25, -0.2) is 9.48 Å². The number of amides is 2. The van der Waals surface area contributed by atoms with Gasteiger partial charge in [0, 0.05) is 17.5 Å². The van der Waals surface area contributed by atoms with Crippen LogP contribution in [0.1, 0.15) is 82.0 Å². The lowest BCUT2D eigenvalue weighted by atomic mass is 9.85. The lowest BCUT2D eigenvalue weighted by Crippen LogP contribution is -2.36. The van der Waals surface area contributed by atoms with Crippen LogP contribution in [0.2, 0.25) is 0 Å². The number of hydrogen-bond acceptors (Lipinski definition) is 6. The third-order valence-corrected chi connectivity index (χ3v) is 7.81. The SMILES string of the molecule is Cc1ccc(-n2nc(C(C)(C)C)cc2NC(=O)NC2CCC(Oc3ccc4nnc(NC(C)C)n4c3)c3ccccc32)cc1. The molecule has 10 nitrogen and oxygen atoms in total. The number of pyridine rings is 1. The van der Waals surface area contributed by atoms with Gasteiger partial charge in [-0.1, -0.05) is 62.7 Å². The molecule has 0 fully saturated rings. The molecular formula is C34H40N8O2. The van der Waals surface area contributed by atoms with Gasteiger partial charge in [-0.05, 0) is 69.0 Å². The van der Waals surface area contributed by atoms with Crippen molar-refractivity contribution in [2.24, 2.45) is 0 Å². The van der Waals surface area contributed by atoms with E-state index in [1.807, 2.05) is 65.2 Å². The molecule has 3 N–H and O–H groups in total. The van der Waals surface area contributed by atoms with Crippen molar-refractivity contribution in [3.8, 4) is 11.4 Å². The van der Waals surface area contributed by atoms with Crippen LogP contribution in [0, 0.1) is 6.92 Å². The lowest BCUT2D eigenvalue weighted by Gasteiger charge is -2.32. The molecular weight excluding hydrogens is 552 g/mol. The average molecular weight is 593 g/mol. The number of rotatable bonds is 7. The monoisotopic (exact) mass is 592 g/mol. The smallest absolute Gasteiger partial charge is 0.320 e. The lowest BCUT2D eigenvalue weighted by molar-refractivity contribution is 0.171. The van der Waals surface area contributed by atoms with E-state index in [-0.39, 0.29) is 29.6 Å². The van der Waals surface area contributed by atoms with Gasteiger partial charge in [0.15, 0.2) is 5.65 Å². The maximum absolute atomic E-state index is 13.5. The fourth-order valence-corrected chi connectivity index (χ4v) is 5.51. The van der Waals surface area contributed by atoms with E-state index < -0.39 is 0 Å². The summed E-state index contributed by atoms with van der Waals surface area (Å²) in [4.78, 5) is 13.5. The van der Waals surface area contributed by atoms with Crippen molar-refractivity contribution in [3.63, 3.8) is 0 Å². The van der Waals surface area contributed by atoms with E-state index in [0.29, 0.717) is 11.8 Å². The minimum absolute atomic E-state index is 0.153. The highest BCUT2D eigenvalue weighted by Crippen LogP contribution is 2.39. The second kappa shape index (κ2) is 11.7. The fraction of sp³-hybridized carbons (Fsp3) is 0.353. The van der Waals surface area contributed by atoms with Gasteiger partial charge in [0.05, 0.1) is 23.6 Å². The van der Waals surface area contributed by atoms with Crippen molar-refractivity contribution >= 4 is 23.4 Å². The normalized spacial score (nSPS) is 16.5. The average Bonchev–Trinajstić information content (AvgIpc) is 3.59. The molecule has 6 rings (SSSR count).